The molecule has 1 saturated heterocycles. The Morgan fingerprint density at radius 3 is 2.68 bits per heavy atom. The summed E-state index contributed by atoms with van der Waals surface area (Å²) in [6, 6.07) is 9.82. The monoisotopic (exact) mass is 483 g/mol. The van der Waals surface area contributed by atoms with E-state index in [1.54, 1.807) is 17.0 Å². The highest BCUT2D eigenvalue weighted by Gasteiger charge is 2.22. The van der Waals surface area contributed by atoms with E-state index in [9.17, 15) is 9.18 Å². The van der Waals surface area contributed by atoms with Gasteiger partial charge in [0.05, 0.1) is 29.9 Å². The van der Waals surface area contributed by atoms with Crippen molar-refractivity contribution < 1.29 is 13.9 Å². The molecule has 0 unspecified atom stereocenters. The lowest BCUT2D eigenvalue weighted by molar-refractivity contribution is -0.118. The zero-order chi connectivity index (χ0) is 21.1. The maximum absolute atomic E-state index is 13.2. The second-order valence-electron chi connectivity index (χ2n) is 7.37. The maximum atomic E-state index is 13.2. The summed E-state index contributed by atoms with van der Waals surface area (Å²) in [6.07, 6.45) is 0.194. The molecule has 1 aliphatic heterocycles. The average Bonchev–Trinajstić information content (AvgIpc) is 3.14. The first-order valence-corrected chi connectivity index (χ1v) is 11.1. The summed E-state index contributed by atoms with van der Waals surface area (Å²) in [5.41, 5.74) is 2.63. The number of fused-ring (bicyclic) bond motifs is 1. The van der Waals surface area contributed by atoms with E-state index in [1.165, 1.54) is 23.5 Å². The first kappa shape index (κ1) is 23.9. The van der Waals surface area contributed by atoms with E-state index < -0.39 is 0 Å². The van der Waals surface area contributed by atoms with E-state index in [-0.39, 0.29) is 30.6 Å². The number of rotatable bonds is 6. The Kier molecular flexibility index (Phi) is 8.24. The van der Waals surface area contributed by atoms with Crippen LogP contribution in [-0.4, -0.2) is 55.2 Å². The van der Waals surface area contributed by atoms with Crippen molar-refractivity contribution in [2.45, 2.75) is 13.3 Å². The van der Waals surface area contributed by atoms with Gasteiger partial charge in [-0.2, -0.15) is 0 Å². The number of morpholine rings is 1. The van der Waals surface area contributed by atoms with Crippen LogP contribution in [0.5, 0.6) is 0 Å². The number of hydrogen-bond acceptors (Lipinski definition) is 5. The van der Waals surface area contributed by atoms with Crippen molar-refractivity contribution in [3.8, 4) is 0 Å². The fraction of sp³-hybridized carbons (Fsp3) is 0.364. The molecular weight excluding hydrogens is 460 g/mol. The number of nitrogens with zero attached hydrogens (tertiary/aromatic N) is 3. The molecule has 0 saturated carbocycles. The van der Waals surface area contributed by atoms with E-state index in [2.05, 4.69) is 4.90 Å². The number of anilines is 1. The molecule has 1 amide bonds. The molecule has 5 nitrogen and oxygen atoms in total. The van der Waals surface area contributed by atoms with Gasteiger partial charge in [0, 0.05) is 31.2 Å². The summed E-state index contributed by atoms with van der Waals surface area (Å²) in [7, 11) is 0. The summed E-state index contributed by atoms with van der Waals surface area (Å²) in [5, 5.41) is 1.32. The molecule has 166 valence electrons. The lowest BCUT2D eigenvalue weighted by Crippen LogP contribution is -2.43. The average molecular weight is 484 g/mol. The Hall–Kier alpha value is -1.77. The predicted molar refractivity (Wildman–Crippen MR) is 126 cm³/mol. The summed E-state index contributed by atoms with van der Waals surface area (Å²) in [6.45, 7) is 6.38. The van der Waals surface area contributed by atoms with Crippen LogP contribution in [0.2, 0.25) is 5.02 Å². The zero-order valence-electron chi connectivity index (χ0n) is 17.1. The lowest BCUT2D eigenvalue weighted by Gasteiger charge is -2.29. The SMILES string of the molecule is Cc1cc(Cl)cc2sc(N(CCN3CCOCC3)C(=O)Cc3ccc(F)cc3)nc12.Cl. The van der Waals surface area contributed by atoms with E-state index in [4.69, 9.17) is 21.3 Å². The number of carbonyl (C=O) groups is 1. The molecule has 0 bridgehead atoms. The molecule has 31 heavy (non-hydrogen) atoms. The van der Waals surface area contributed by atoms with Gasteiger partial charge in [-0.3, -0.25) is 14.6 Å². The van der Waals surface area contributed by atoms with Crippen molar-refractivity contribution in [3.63, 3.8) is 0 Å². The second kappa shape index (κ2) is 10.7. The minimum absolute atomic E-state index is 0. The van der Waals surface area contributed by atoms with Gasteiger partial charge in [-0.15, -0.1) is 12.4 Å². The number of aryl methyl sites for hydroxylation is 1. The number of amides is 1. The first-order valence-electron chi connectivity index (χ1n) is 9.91. The Balaban J connectivity index is 0.00000272. The first-order chi connectivity index (χ1) is 14.5. The van der Waals surface area contributed by atoms with Gasteiger partial charge in [0.2, 0.25) is 5.91 Å². The largest absolute Gasteiger partial charge is 0.379 e. The van der Waals surface area contributed by atoms with Gasteiger partial charge in [0.1, 0.15) is 5.82 Å². The molecule has 9 heteroatoms. The Morgan fingerprint density at radius 2 is 1.97 bits per heavy atom. The highest BCUT2D eigenvalue weighted by Crippen LogP contribution is 2.33. The van der Waals surface area contributed by atoms with E-state index in [1.807, 2.05) is 19.1 Å². The van der Waals surface area contributed by atoms with Crippen LogP contribution in [-0.2, 0) is 16.0 Å². The number of benzene rings is 2. The van der Waals surface area contributed by atoms with Crippen molar-refractivity contribution in [2.24, 2.45) is 0 Å². The molecule has 1 aromatic heterocycles. The summed E-state index contributed by atoms with van der Waals surface area (Å²) in [5.74, 6) is -0.369. The molecule has 2 aromatic carbocycles. The van der Waals surface area contributed by atoms with Crippen molar-refractivity contribution in [1.82, 2.24) is 9.88 Å². The number of thiazole rings is 1. The topological polar surface area (TPSA) is 45.7 Å². The summed E-state index contributed by atoms with van der Waals surface area (Å²) < 4.78 is 19.6. The fourth-order valence-electron chi connectivity index (χ4n) is 3.52. The smallest absolute Gasteiger partial charge is 0.233 e. The van der Waals surface area contributed by atoms with Crippen molar-refractivity contribution >= 4 is 56.6 Å². The standard InChI is InChI=1S/C22H23ClFN3O2S.ClH/c1-15-12-17(23)14-19-21(15)25-22(30-19)27(7-6-26-8-10-29-11-9-26)20(28)13-16-2-4-18(24)5-3-16;/h2-5,12,14H,6-11,13H2,1H3;1H. The molecule has 3 aromatic rings. The third kappa shape index (κ3) is 5.93. The number of aromatic nitrogens is 1. The summed E-state index contributed by atoms with van der Waals surface area (Å²) >= 11 is 7.68. The predicted octanol–water partition coefficient (Wildman–Crippen LogP) is 4.73. The number of hydrogen-bond donors (Lipinski definition) is 0. The Labute approximate surface area is 196 Å². The van der Waals surface area contributed by atoms with Crippen molar-refractivity contribution in [1.29, 1.82) is 0 Å². The molecule has 0 atom stereocenters. The van der Waals surface area contributed by atoms with Gasteiger partial charge in [-0.05, 0) is 42.3 Å². The van der Waals surface area contributed by atoms with Crippen LogP contribution in [0.1, 0.15) is 11.1 Å². The molecular formula is C22H24Cl2FN3O2S. The van der Waals surface area contributed by atoms with Crippen LogP contribution in [0.4, 0.5) is 9.52 Å². The molecule has 0 N–H and O–H groups in total. The van der Waals surface area contributed by atoms with Crippen LogP contribution in [0.15, 0.2) is 36.4 Å². The highest BCUT2D eigenvalue weighted by atomic mass is 35.5. The summed E-state index contributed by atoms with van der Waals surface area (Å²) in [4.78, 5) is 22.0. The quantitative estimate of drug-likeness (QED) is 0.508. The normalized spacial score (nSPS) is 14.4. The van der Waals surface area contributed by atoms with Gasteiger partial charge in [0.15, 0.2) is 5.13 Å². The van der Waals surface area contributed by atoms with Crippen molar-refractivity contribution in [2.75, 3.05) is 44.3 Å². The molecule has 0 radical (unpaired) electrons. The minimum Gasteiger partial charge on any atom is -0.379 e. The van der Waals surface area contributed by atoms with Crippen LogP contribution in [0.25, 0.3) is 10.2 Å². The molecule has 2 heterocycles. The third-order valence-corrected chi connectivity index (χ3v) is 6.43. The highest BCUT2D eigenvalue weighted by molar-refractivity contribution is 7.22. The van der Waals surface area contributed by atoms with Gasteiger partial charge in [0.25, 0.3) is 0 Å². The van der Waals surface area contributed by atoms with Crippen LogP contribution < -0.4 is 4.90 Å². The third-order valence-electron chi connectivity index (χ3n) is 5.18. The second-order valence-corrected chi connectivity index (χ2v) is 8.81. The zero-order valence-corrected chi connectivity index (χ0v) is 19.5. The maximum Gasteiger partial charge on any atom is 0.233 e. The van der Waals surface area contributed by atoms with E-state index in [0.29, 0.717) is 29.9 Å². The number of carbonyl (C=O) groups excluding carboxylic acids is 1. The molecule has 0 aliphatic carbocycles. The van der Waals surface area contributed by atoms with E-state index in [0.717, 1.165) is 41.0 Å². The molecule has 4 rings (SSSR count). The van der Waals surface area contributed by atoms with Gasteiger partial charge in [-0.1, -0.05) is 35.1 Å². The Bertz CT molecular complexity index is 1040. The van der Waals surface area contributed by atoms with Gasteiger partial charge in [-0.25, -0.2) is 9.37 Å². The molecule has 0 spiro atoms. The van der Waals surface area contributed by atoms with Crippen LogP contribution in [0, 0.1) is 12.7 Å². The minimum atomic E-state index is -0.311. The van der Waals surface area contributed by atoms with Gasteiger partial charge >= 0.3 is 0 Å². The van der Waals surface area contributed by atoms with Gasteiger partial charge < -0.3 is 4.74 Å². The van der Waals surface area contributed by atoms with Crippen LogP contribution >= 0.6 is 35.3 Å². The molecule has 1 aliphatic rings. The fourth-order valence-corrected chi connectivity index (χ4v) is 4.99. The van der Waals surface area contributed by atoms with E-state index >= 15 is 0 Å². The number of ether oxygens (including phenoxy) is 1. The number of halogens is 3. The lowest BCUT2D eigenvalue weighted by atomic mass is 10.1. The van der Waals surface area contributed by atoms with Crippen LogP contribution in [0.3, 0.4) is 0 Å². The molecule has 1 fully saturated rings. The van der Waals surface area contributed by atoms with Crippen molar-refractivity contribution in [3.05, 3.63) is 58.4 Å². The Morgan fingerprint density at radius 1 is 1.26 bits per heavy atom.